The predicted molar refractivity (Wildman–Crippen MR) is 142 cm³/mol. The highest BCUT2D eigenvalue weighted by Gasteiger charge is 2.28. The monoisotopic (exact) mass is 536 g/mol. The highest BCUT2D eigenvalue weighted by Crippen LogP contribution is 2.28. The first-order chi connectivity index (χ1) is 18.5. The molecule has 0 radical (unpaired) electrons. The summed E-state index contributed by atoms with van der Waals surface area (Å²) in [6.45, 7) is 6.45. The van der Waals surface area contributed by atoms with Gasteiger partial charge in [0.05, 0.1) is 13.2 Å². The van der Waals surface area contributed by atoms with Crippen LogP contribution in [-0.2, 0) is 14.3 Å². The summed E-state index contributed by atoms with van der Waals surface area (Å²) in [6, 6.07) is 16.8. The molecule has 0 aromatic heterocycles. The number of esters is 1. The van der Waals surface area contributed by atoms with E-state index in [-0.39, 0.29) is 11.6 Å². The molecule has 1 heterocycles. The molecule has 0 atom stereocenters. The first-order valence-electron chi connectivity index (χ1n) is 12.6. The largest absolute Gasteiger partial charge is 0.459 e. The third kappa shape index (κ3) is 6.86. The molecule has 0 bridgehead atoms. The van der Waals surface area contributed by atoms with Gasteiger partial charge in [0.15, 0.2) is 0 Å². The standard InChI is InChI=1S/C30H30F2N2O5/c1-30(2,3)39-26(35)19-34(29(37)27-24(31)11-6-12-25(27)32)23-10-5-8-21(18-23)20-7-4-9-22(17-20)28(36)33-13-15-38-16-14-33/h4-12,17-18H,13-16,19H2,1-3H3. The van der Waals surface area contributed by atoms with Crippen LogP contribution in [0, 0.1) is 11.6 Å². The SMILES string of the molecule is CC(C)(C)OC(=O)CN(C(=O)c1c(F)cccc1F)c1cccc(-c2cccc(C(=O)N3CCOCC3)c2)c1. The van der Waals surface area contributed by atoms with Gasteiger partial charge in [0.25, 0.3) is 11.8 Å². The van der Waals surface area contributed by atoms with Gasteiger partial charge in [0.2, 0.25) is 0 Å². The van der Waals surface area contributed by atoms with E-state index in [0.29, 0.717) is 43.0 Å². The number of ether oxygens (including phenoxy) is 2. The fourth-order valence-electron chi connectivity index (χ4n) is 4.25. The Labute approximate surface area is 225 Å². The molecule has 3 aromatic rings. The Hall–Kier alpha value is -4.11. The molecule has 4 rings (SSSR count). The van der Waals surface area contributed by atoms with Crippen LogP contribution in [0.1, 0.15) is 41.5 Å². The average Bonchev–Trinajstić information content (AvgIpc) is 2.91. The third-order valence-corrected chi connectivity index (χ3v) is 6.03. The molecule has 204 valence electrons. The lowest BCUT2D eigenvalue weighted by Crippen LogP contribution is -2.40. The highest BCUT2D eigenvalue weighted by molar-refractivity contribution is 6.09. The molecule has 39 heavy (non-hydrogen) atoms. The van der Waals surface area contributed by atoms with Gasteiger partial charge in [-0.2, -0.15) is 0 Å². The number of carbonyl (C=O) groups excluding carboxylic acids is 3. The molecule has 1 aliphatic heterocycles. The summed E-state index contributed by atoms with van der Waals surface area (Å²) in [6.07, 6.45) is 0. The number of anilines is 1. The third-order valence-electron chi connectivity index (χ3n) is 6.03. The fraction of sp³-hybridized carbons (Fsp3) is 0.300. The summed E-state index contributed by atoms with van der Waals surface area (Å²) in [5, 5.41) is 0. The van der Waals surface area contributed by atoms with Crippen molar-refractivity contribution in [1.29, 1.82) is 0 Å². The summed E-state index contributed by atoms with van der Waals surface area (Å²) < 4.78 is 39.8. The number of morpholine rings is 1. The maximum atomic E-state index is 14.6. The van der Waals surface area contributed by atoms with E-state index in [4.69, 9.17) is 9.47 Å². The quantitative estimate of drug-likeness (QED) is 0.410. The second kappa shape index (κ2) is 11.7. The van der Waals surface area contributed by atoms with E-state index in [1.165, 1.54) is 0 Å². The van der Waals surface area contributed by atoms with Crippen LogP contribution < -0.4 is 4.90 Å². The Morgan fingerprint density at radius 3 is 2.13 bits per heavy atom. The molecule has 0 spiro atoms. The molecule has 2 amide bonds. The highest BCUT2D eigenvalue weighted by atomic mass is 19.1. The van der Waals surface area contributed by atoms with Crippen LogP contribution in [0.25, 0.3) is 11.1 Å². The average molecular weight is 537 g/mol. The van der Waals surface area contributed by atoms with E-state index in [1.54, 1.807) is 68.1 Å². The zero-order valence-corrected chi connectivity index (χ0v) is 22.1. The molecule has 0 saturated carbocycles. The molecule has 0 N–H and O–H groups in total. The summed E-state index contributed by atoms with van der Waals surface area (Å²) in [7, 11) is 0. The van der Waals surface area contributed by atoms with Crippen molar-refractivity contribution in [3.8, 4) is 11.1 Å². The maximum Gasteiger partial charge on any atom is 0.326 e. The van der Waals surface area contributed by atoms with Crippen molar-refractivity contribution in [2.75, 3.05) is 37.7 Å². The van der Waals surface area contributed by atoms with Crippen molar-refractivity contribution in [3.63, 3.8) is 0 Å². The van der Waals surface area contributed by atoms with Gasteiger partial charge in [-0.3, -0.25) is 19.3 Å². The van der Waals surface area contributed by atoms with Crippen LogP contribution in [0.4, 0.5) is 14.5 Å². The number of rotatable bonds is 6. The van der Waals surface area contributed by atoms with Crippen LogP contribution in [-0.4, -0.2) is 61.1 Å². The van der Waals surface area contributed by atoms with Crippen LogP contribution in [0.2, 0.25) is 0 Å². The normalized spacial score (nSPS) is 13.6. The van der Waals surface area contributed by atoms with Gasteiger partial charge >= 0.3 is 5.97 Å². The van der Waals surface area contributed by atoms with Gasteiger partial charge in [-0.05, 0) is 68.3 Å². The maximum absolute atomic E-state index is 14.6. The van der Waals surface area contributed by atoms with E-state index < -0.39 is 41.2 Å². The lowest BCUT2D eigenvalue weighted by atomic mass is 10.0. The van der Waals surface area contributed by atoms with Crippen molar-refractivity contribution in [2.45, 2.75) is 26.4 Å². The van der Waals surface area contributed by atoms with Crippen molar-refractivity contribution in [3.05, 3.63) is 89.5 Å². The van der Waals surface area contributed by atoms with Gasteiger partial charge in [-0.1, -0.05) is 30.3 Å². The minimum atomic E-state index is -1.04. The molecule has 0 aliphatic carbocycles. The Morgan fingerprint density at radius 1 is 0.897 bits per heavy atom. The van der Waals surface area contributed by atoms with Gasteiger partial charge in [-0.15, -0.1) is 0 Å². The summed E-state index contributed by atoms with van der Waals surface area (Å²) in [5.41, 5.74) is 0.456. The number of nitrogens with zero attached hydrogens (tertiary/aromatic N) is 2. The molecular weight excluding hydrogens is 506 g/mol. The van der Waals surface area contributed by atoms with E-state index in [0.717, 1.165) is 23.1 Å². The van der Waals surface area contributed by atoms with Crippen molar-refractivity contribution in [2.24, 2.45) is 0 Å². The Morgan fingerprint density at radius 2 is 1.49 bits per heavy atom. The summed E-state index contributed by atoms with van der Waals surface area (Å²) in [5.74, 6) is -3.96. The van der Waals surface area contributed by atoms with E-state index in [2.05, 4.69) is 0 Å². The van der Waals surface area contributed by atoms with Gasteiger partial charge < -0.3 is 14.4 Å². The minimum Gasteiger partial charge on any atom is -0.459 e. The molecule has 7 nitrogen and oxygen atoms in total. The molecule has 3 aromatic carbocycles. The van der Waals surface area contributed by atoms with Crippen LogP contribution in [0.15, 0.2) is 66.7 Å². The van der Waals surface area contributed by atoms with Crippen molar-refractivity contribution >= 4 is 23.5 Å². The number of hydrogen-bond acceptors (Lipinski definition) is 5. The number of halogens is 2. The van der Waals surface area contributed by atoms with Crippen LogP contribution in [0.5, 0.6) is 0 Å². The first-order valence-corrected chi connectivity index (χ1v) is 12.6. The summed E-state index contributed by atoms with van der Waals surface area (Å²) in [4.78, 5) is 41.9. The Balaban J connectivity index is 1.69. The number of benzene rings is 3. The first kappa shape index (κ1) is 27.9. The Kier molecular flexibility index (Phi) is 8.40. The number of amides is 2. The van der Waals surface area contributed by atoms with Crippen LogP contribution in [0.3, 0.4) is 0 Å². The summed E-state index contributed by atoms with van der Waals surface area (Å²) >= 11 is 0. The van der Waals surface area contributed by atoms with Crippen molar-refractivity contribution < 1.29 is 32.6 Å². The molecule has 1 aliphatic rings. The van der Waals surface area contributed by atoms with E-state index in [1.807, 2.05) is 6.07 Å². The molecule has 1 fully saturated rings. The van der Waals surface area contributed by atoms with E-state index >= 15 is 0 Å². The van der Waals surface area contributed by atoms with Crippen molar-refractivity contribution in [1.82, 2.24) is 4.90 Å². The molecular formula is C30H30F2N2O5. The number of hydrogen-bond donors (Lipinski definition) is 0. The zero-order chi connectivity index (χ0) is 28.2. The predicted octanol–water partition coefficient (Wildman–Crippen LogP) is 5.09. The fourth-order valence-corrected chi connectivity index (χ4v) is 4.25. The minimum absolute atomic E-state index is 0.118. The lowest BCUT2D eigenvalue weighted by molar-refractivity contribution is -0.152. The smallest absolute Gasteiger partial charge is 0.326 e. The molecule has 9 heteroatoms. The number of carbonyl (C=O) groups is 3. The van der Waals surface area contributed by atoms with Gasteiger partial charge in [0, 0.05) is 24.3 Å². The lowest BCUT2D eigenvalue weighted by Gasteiger charge is -2.27. The van der Waals surface area contributed by atoms with E-state index in [9.17, 15) is 23.2 Å². The molecule has 1 saturated heterocycles. The Bertz CT molecular complexity index is 1360. The zero-order valence-electron chi connectivity index (χ0n) is 22.1. The second-order valence-electron chi connectivity index (χ2n) is 10.1. The molecule has 0 unspecified atom stereocenters. The van der Waals surface area contributed by atoms with Crippen LogP contribution >= 0.6 is 0 Å². The van der Waals surface area contributed by atoms with Gasteiger partial charge in [0.1, 0.15) is 29.3 Å². The van der Waals surface area contributed by atoms with Gasteiger partial charge in [-0.25, -0.2) is 8.78 Å². The topological polar surface area (TPSA) is 76.2 Å². The second-order valence-corrected chi connectivity index (χ2v) is 10.1.